The Morgan fingerprint density at radius 1 is 1.00 bits per heavy atom. The number of oxazole rings is 1. The molecule has 0 unspecified atom stereocenters. The molecule has 0 saturated carbocycles. The van der Waals surface area contributed by atoms with Crippen molar-refractivity contribution >= 4 is 22.4 Å². The molecule has 0 radical (unpaired) electrons. The second-order valence-electron chi connectivity index (χ2n) is 4.55. The fourth-order valence-corrected chi connectivity index (χ4v) is 2.29. The van der Waals surface area contributed by atoms with Gasteiger partial charge in [0.1, 0.15) is 6.26 Å². The third kappa shape index (κ3) is 2.79. The molecule has 0 aliphatic carbocycles. The standard InChI is InChI=1S/C16H14ClNO/c17-10-15-11-19-16(18-15)8-6-12-5-7-13-3-1-2-4-14(13)9-12/h1-5,7,9,11H,6,8,10H2. The van der Waals surface area contributed by atoms with Crippen LogP contribution in [0.2, 0.25) is 0 Å². The molecule has 1 aromatic heterocycles. The molecule has 3 aromatic rings. The molecule has 2 aromatic carbocycles. The second-order valence-corrected chi connectivity index (χ2v) is 4.81. The zero-order valence-electron chi connectivity index (χ0n) is 10.5. The van der Waals surface area contributed by atoms with Crippen LogP contribution in [0.4, 0.5) is 0 Å². The number of halogens is 1. The summed E-state index contributed by atoms with van der Waals surface area (Å²) < 4.78 is 5.37. The average Bonchev–Trinajstić information content (AvgIpc) is 2.93. The zero-order chi connectivity index (χ0) is 13.1. The number of nitrogens with zero attached hydrogens (tertiary/aromatic N) is 1. The third-order valence-electron chi connectivity index (χ3n) is 3.18. The van der Waals surface area contributed by atoms with Crippen molar-refractivity contribution in [3.63, 3.8) is 0 Å². The number of rotatable bonds is 4. The Hall–Kier alpha value is -1.80. The molecule has 0 spiro atoms. The van der Waals surface area contributed by atoms with Gasteiger partial charge < -0.3 is 4.42 Å². The Bertz CT molecular complexity index is 690. The van der Waals surface area contributed by atoms with Crippen molar-refractivity contribution in [2.45, 2.75) is 18.7 Å². The van der Waals surface area contributed by atoms with E-state index in [0.717, 1.165) is 24.4 Å². The molecule has 3 rings (SSSR count). The number of alkyl halides is 1. The van der Waals surface area contributed by atoms with E-state index in [1.54, 1.807) is 6.26 Å². The van der Waals surface area contributed by atoms with E-state index in [0.29, 0.717) is 5.88 Å². The molecule has 0 amide bonds. The van der Waals surface area contributed by atoms with Crippen LogP contribution < -0.4 is 0 Å². The van der Waals surface area contributed by atoms with Gasteiger partial charge in [0.2, 0.25) is 0 Å². The highest BCUT2D eigenvalue weighted by Gasteiger charge is 2.04. The molecular formula is C16H14ClNO. The second kappa shape index (κ2) is 5.45. The first-order valence-corrected chi connectivity index (χ1v) is 6.85. The first kappa shape index (κ1) is 12.2. The van der Waals surface area contributed by atoms with Gasteiger partial charge in [0.15, 0.2) is 5.89 Å². The van der Waals surface area contributed by atoms with E-state index in [1.807, 2.05) is 0 Å². The molecule has 0 aliphatic heterocycles. The summed E-state index contributed by atoms with van der Waals surface area (Å²) in [6, 6.07) is 14.9. The maximum atomic E-state index is 5.70. The summed E-state index contributed by atoms with van der Waals surface area (Å²) in [5.74, 6) is 1.16. The first-order valence-electron chi connectivity index (χ1n) is 6.32. The van der Waals surface area contributed by atoms with Crippen molar-refractivity contribution in [1.29, 1.82) is 0 Å². The molecule has 0 saturated heterocycles. The molecule has 3 heteroatoms. The van der Waals surface area contributed by atoms with E-state index < -0.39 is 0 Å². The van der Waals surface area contributed by atoms with Crippen LogP contribution >= 0.6 is 11.6 Å². The maximum absolute atomic E-state index is 5.70. The fourth-order valence-electron chi connectivity index (χ4n) is 2.17. The van der Waals surface area contributed by atoms with Gasteiger partial charge in [0.05, 0.1) is 11.6 Å². The van der Waals surface area contributed by atoms with Gasteiger partial charge >= 0.3 is 0 Å². The molecular weight excluding hydrogens is 258 g/mol. The Kier molecular flexibility index (Phi) is 3.51. The van der Waals surface area contributed by atoms with Gasteiger partial charge in [-0.05, 0) is 22.8 Å². The van der Waals surface area contributed by atoms with Gasteiger partial charge in [-0.15, -0.1) is 11.6 Å². The minimum atomic E-state index is 0.402. The van der Waals surface area contributed by atoms with Crippen LogP contribution in [0, 0.1) is 0 Å². The van der Waals surface area contributed by atoms with Gasteiger partial charge in [-0.3, -0.25) is 0 Å². The molecule has 0 atom stereocenters. The number of aryl methyl sites for hydroxylation is 2. The smallest absolute Gasteiger partial charge is 0.194 e. The summed E-state index contributed by atoms with van der Waals surface area (Å²) in [5.41, 5.74) is 2.10. The van der Waals surface area contributed by atoms with Crippen LogP contribution in [-0.2, 0) is 18.7 Å². The van der Waals surface area contributed by atoms with Crippen molar-refractivity contribution in [3.8, 4) is 0 Å². The summed E-state index contributed by atoms with van der Waals surface area (Å²) in [7, 11) is 0. The lowest BCUT2D eigenvalue weighted by molar-refractivity contribution is 0.493. The highest BCUT2D eigenvalue weighted by atomic mass is 35.5. The van der Waals surface area contributed by atoms with Gasteiger partial charge in [0, 0.05) is 6.42 Å². The van der Waals surface area contributed by atoms with Gasteiger partial charge in [-0.2, -0.15) is 0 Å². The lowest BCUT2D eigenvalue weighted by Crippen LogP contribution is -1.92. The van der Waals surface area contributed by atoms with Crippen molar-refractivity contribution in [2.75, 3.05) is 0 Å². The molecule has 19 heavy (non-hydrogen) atoms. The number of fused-ring (bicyclic) bond motifs is 1. The van der Waals surface area contributed by atoms with E-state index in [4.69, 9.17) is 16.0 Å². The quantitative estimate of drug-likeness (QED) is 0.659. The molecule has 0 fully saturated rings. The third-order valence-corrected chi connectivity index (χ3v) is 3.45. The number of benzene rings is 2. The van der Waals surface area contributed by atoms with E-state index in [1.165, 1.54) is 16.3 Å². The van der Waals surface area contributed by atoms with Gasteiger partial charge in [-0.25, -0.2) is 4.98 Å². The zero-order valence-corrected chi connectivity index (χ0v) is 11.2. The minimum absolute atomic E-state index is 0.402. The average molecular weight is 272 g/mol. The number of hydrogen-bond donors (Lipinski definition) is 0. The maximum Gasteiger partial charge on any atom is 0.194 e. The molecule has 0 N–H and O–H groups in total. The van der Waals surface area contributed by atoms with Crippen LogP contribution in [0.15, 0.2) is 53.1 Å². The summed E-state index contributed by atoms with van der Waals surface area (Å²) in [5, 5.41) is 2.54. The predicted molar refractivity (Wildman–Crippen MR) is 77.4 cm³/mol. The van der Waals surface area contributed by atoms with Crippen molar-refractivity contribution in [2.24, 2.45) is 0 Å². The summed E-state index contributed by atoms with van der Waals surface area (Å²) in [6.45, 7) is 0. The number of hydrogen-bond acceptors (Lipinski definition) is 2. The lowest BCUT2D eigenvalue weighted by Gasteiger charge is -2.02. The Labute approximate surface area is 117 Å². The highest BCUT2D eigenvalue weighted by molar-refractivity contribution is 6.16. The Balaban J connectivity index is 1.74. The Morgan fingerprint density at radius 3 is 2.63 bits per heavy atom. The molecule has 0 bridgehead atoms. The molecule has 2 nitrogen and oxygen atoms in total. The van der Waals surface area contributed by atoms with E-state index in [9.17, 15) is 0 Å². The number of aromatic nitrogens is 1. The van der Waals surface area contributed by atoms with Crippen LogP contribution in [0.3, 0.4) is 0 Å². The topological polar surface area (TPSA) is 26.0 Å². The van der Waals surface area contributed by atoms with Crippen molar-refractivity contribution in [1.82, 2.24) is 4.98 Å². The monoisotopic (exact) mass is 271 g/mol. The fraction of sp³-hybridized carbons (Fsp3) is 0.188. The molecule has 1 heterocycles. The first-order chi connectivity index (χ1) is 9.35. The normalized spacial score (nSPS) is 11.0. The highest BCUT2D eigenvalue weighted by Crippen LogP contribution is 2.17. The SMILES string of the molecule is ClCc1coc(CCc2ccc3ccccc3c2)n1. The van der Waals surface area contributed by atoms with Crippen molar-refractivity contribution < 1.29 is 4.42 Å². The molecule has 96 valence electrons. The van der Waals surface area contributed by atoms with E-state index in [-0.39, 0.29) is 0 Å². The van der Waals surface area contributed by atoms with Crippen LogP contribution in [0.1, 0.15) is 17.1 Å². The predicted octanol–water partition coefficient (Wildman–Crippen LogP) is 4.35. The largest absolute Gasteiger partial charge is 0.449 e. The minimum Gasteiger partial charge on any atom is -0.449 e. The van der Waals surface area contributed by atoms with Gasteiger partial charge in [0.25, 0.3) is 0 Å². The Morgan fingerprint density at radius 2 is 1.84 bits per heavy atom. The van der Waals surface area contributed by atoms with Crippen LogP contribution in [-0.4, -0.2) is 4.98 Å². The summed E-state index contributed by atoms with van der Waals surface area (Å²) in [6.07, 6.45) is 3.35. The van der Waals surface area contributed by atoms with E-state index >= 15 is 0 Å². The van der Waals surface area contributed by atoms with Crippen LogP contribution in [0.5, 0.6) is 0 Å². The molecule has 0 aliphatic rings. The lowest BCUT2D eigenvalue weighted by atomic mass is 10.0. The van der Waals surface area contributed by atoms with Crippen molar-refractivity contribution in [3.05, 3.63) is 65.9 Å². The summed E-state index contributed by atoms with van der Waals surface area (Å²) >= 11 is 5.70. The summed E-state index contributed by atoms with van der Waals surface area (Å²) in [4.78, 5) is 4.31. The van der Waals surface area contributed by atoms with Crippen LogP contribution in [0.25, 0.3) is 10.8 Å². The van der Waals surface area contributed by atoms with Gasteiger partial charge in [-0.1, -0.05) is 42.5 Å². The van der Waals surface area contributed by atoms with E-state index in [2.05, 4.69) is 47.4 Å².